The second kappa shape index (κ2) is 7.33. The maximum absolute atomic E-state index is 12.3. The molecule has 0 aliphatic rings. The van der Waals surface area contributed by atoms with Crippen LogP contribution in [-0.4, -0.2) is 17.8 Å². The predicted octanol–water partition coefficient (Wildman–Crippen LogP) is 2.57. The van der Waals surface area contributed by atoms with E-state index in [0.29, 0.717) is 11.4 Å². The number of hydrogen-bond donors (Lipinski definition) is 2. The van der Waals surface area contributed by atoms with Crippen molar-refractivity contribution in [3.05, 3.63) is 57.6 Å². The molecular formula is C16H11Cl2N2O4-. The van der Waals surface area contributed by atoms with E-state index in [4.69, 9.17) is 23.2 Å². The molecule has 0 radical (unpaired) electrons. The molecule has 0 fully saturated rings. The van der Waals surface area contributed by atoms with Crippen LogP contribution in [0.2, 0.25) is 10.0 Å². The summed E-state index contributed by atoms with van der Waals surface area (Å²) in [7, 11) is 0. The SMILES string of the molecule is CC(=O)Nc1ccc(NC(=O)c2cc(Cl)c(Cl)cc2C(=O)[O-])cc1. The number of carbonyl (C=O) groups is 3. The van der Waals surface area contributed by atoms with Crippen LogP contribution in [0.5, 0.6) is 0 Å². The zero-order valence-electron chi connectivity index (χ0n) is 12.4. The first kappa shape index (κ1) is 17.8. The van der Waals surface area contributed by atoms with E-state index in [-0.39, 0.29) is 27.1 Å². The minimum atomic E-state index is -1.54. The molecule has 0 atom stereocenters. The molecule has 2 aromatic rings. The molecule has 0 spiro atoms. The highest BCUT2D eigenvalue weighted by molar-refractivity contribution is 6.42. The van der Waals surface area contributed by atoms with Crippen LogP contribution in [0.1, 0.15) is 27.6 Å². The Bertz CT molecular complexity index is 820. The number of carboxylic acid groups (broad SMARTS) is 1. The summed E-state index contributed by atoms with van der Waals surface area (Å²) in [5.74, 6) is -2.44. The summed E-state index contributed by atoms with van der Waals surface area (Å²) in [5.41, 5.74) is 0.432. The number of nitrogens with one attached hydrogen (secondary N) is 2. The predicted molar refractivity (Wildman–Crippen MR) is 89.5 cm³/mol. The zero-order valence-corrected chi connectivity index (χ0v) is 13.9. The fourth-order valence-corrected chi connectivity index (χ4v) is 2.27. The van der Waals surface area contributed by atoms with Crippen molar-refractivity contribution in [3.8, 4) is 0 Å². The van der Waals surface area contributed by atoms with E-state index in [9.17, 15) is 19.5 Å². The van der Waals surface area contributed by atoms with E-state index in [1.807, 2.05) is 0 Å². The van der Waals surface area contributed by atoms with Gasteiger partial charge >= 0.3 is 0 Å². The van der Waals surface area contributed by atoms with Crippen LogP contribution in [0.25, 0.3) is 0 Å². The van der Waals surface area contributed by atoms with Gasteiger partial charge in [0.05, 0.1) is 21.6 Å². The summed E-state index contributed by atoms with van der Waals surface area (Å²) in [5, 5.41) is 16.3. The Labute approximate surface area is 147 Å². The Kier molecular flexibility index (Phi) is 5.43. The molecule has 0 saturated heterocycles. The van der Waals surface area contributed by atoms with Gasteiger partial charge in [0, 0.05) is 23.9 Å². The second-order valence-electron chi connectivity index (χ2n) is 4.81. The van der Waals surface area contributed by atoms with Crippen LogP contribution in [0.15, 0.2) is 36.4 Å². The average Bonchev–Trinajstić information content (AvgIpc) is 2.50. The largest absolute Gasteiger partial charge is 0.545 e. The normalized spacial score (nSPS) is 10.1. The van der Waals surface area contributed by atoms with Crippen LogP contribution in [0.4, 0.5) is 11.4 Å². The maximum Gasteiger partial charge on any atom is 0.256 e. The highest BCUT2D eigenvalue weighted by Crippen LogP contribution is 2.26. The Morgan fingerprint density at radius 3 is 1.79 bits per heavy atom. The van der Waals surface area contributed by atoms with E-state index in [1.54, 1.807) is 24.3 Å². The number of benzene rings is 2. The molecule has 6 nitrogen and oxygen atoms in total. The lowest BCUT2D eigenvalue weighted by Gasteiger charge is -2.13. The Morgan fingerprint density at radius 1 is 0.875 bits per heavy atom. The zero-order chi connectivity index (χ0) is 17.9. The number of hydrogen-bond acceptors (Lipinski definition) is 4. The summed E-state index contributed by atoms with van der Waals surface area (Å²) in [6.45, 7) is 1.38. The van der Waals surface area contributed by atoms with Crippen molar-refractivity contribution in [3.63, 3.8) is 0 Å². The van der Waals surface area contributed by atoms with Crippen molar-refractivity contribution >= 4 is 52.4 Å². The fraction of sp³-hybridized carbons (Fsp3) is 0.0625. The highest BCUT2D eigenvalue weighted by atomic mass is 35.5. The van der Waals surface area contributed by atoms with Crippen LogP contribution >= 0.6 is 23.2 Å². The van der Waals surface area contributed by atoms with E-state index in [2.05, 4.69) is 10.6 Å². The van der Waals surface area contributed by atoms with Gasteiger partial charge in [0.25, 0.3) is 5.91 Å². The van der Waals surface area contributed by atoms with Gasteiger partial charge in [-0.15, -0.1) is 0 Å². The molecule has 0 aliphatic heterocycles. The Morgan fingerprint density at radius 2 is 1.33 bits per heavy atom. The first-order chi connectivity index (χ1) is 11.3. The number of halogens is 2. The van der Waals surface area contributed by atoms with Crippen molar-refractivity contribution in [1.82, 2.24) is 0 Å². The number of carbonyl (C=O) groups excluding carboxylic acids is 3. The third-order valence-corrected chi connectivity index (χ3v) is 3.71. The first-order valence-corrected chi connectivity index (χ1v) is 7.43. The molecule has 2 rings (SSSR count). The highest BCUT2D eigenvalue weighted by Gasteiger charge is 2.15. The second-order valence-corrected chi connectivity index (χ2v) is 5.63. The minimum absolute atomic E-state index is 0.00655. The van der Waals surface area contributed by atoms with Gasteiger partial charge in [-0.2, -0.15) is 0 Å². The van der Waals surface area contributed by atoms with E-state index in [1.165, 1.54) is 6.92 Å². The maximum atomic E-state index is 12.3. The fourth-order valence-electron chi connectivity index (χ4n) is 1.94. The van der Waals surface area contributed by atoms with Crippen molar-refractivity contribution in [2.24, 2.45) is 0 Å². The van der Waals surface area contributed by atoms with Gasteiger partial charge < -0.3 is 20.5 Å². The lowest BCUT2D eigenvalue weighted by Crippen LogP contribution is -2.26. The summed E-state index contributed by atoms with van der Waals surface area (Å²) in [6, 6.07) is 8.51. The molecule has 124 valence electrons. The molecule has 0 unspecified atom stereocenters. The summed E-state index contributed by atoms with van der Waals surface area (Å²) in [6.07, 6.45) is 0. The molecular weight excluding hydrogens is 355 g/mol. The van der Waals surface area contributed by atoms with Gasteiger partial charge in [-0.3, -0.25) is 9.59 Å². The molecule has 0 saturated carbocycles. The molecule has 0 aromatic heterocycles. The topological polar surface area (TPSA) is 98.3 Å². The number of aromatic carboxylic acids is 1. The van der Waals surface area contributed by atoms with Crippen molar-refractivity contribution in [2.75, 3.05) is 10.6 Å². The molecule has 0 heterocycles. The molecule has 2 aromatic carbocycles. The third-order valence-electron chi connectivity index (χ3n) is 2.99. The summed E-state index contributed by atoms with van der Waals surface area (Å²) < 4.78 is 0. The number of carboxylic acids is 1. The molecule has 2 N–H and O–H groups in total. The van der Waals surface area contributed by atoms with Gasteiger partial charge in [0.1, 0.15) is 0 Å². The molecule has 0 bridgehead atoms. The quantitative estimate of drug-likeness (QED) is 0.869. The van der Waals surface area contributed by atoms with Crippen molar-refractivity contribution in [2.45, 2.75) is 6.92 Å². The van der Waals surface area contributed by atoms with Crippen LogP contribution in [0, 0.1) is 0 Å². The molecule has 2 amide bonds. The van der Waals surface area contributed by atoms with Gasteiger partial charge in [-0.05, 0) is 36.4 Å². The van der Waals surface area contributed by atoms with E-state index < -0.39 is 11.9 Å². The van der Waals surface area contributed by atoms with Gasteiger partial charge in [-0.1, -0.05) is 23.2 Å². The summed E-state index contributed by atoms with van der Waals surface area (Å²) in [4.78, 5) is 34.4. The third kappa shape index (κ3) is 4.24. The van der Waals surface area contributed by atoms with Gasteiger partial charge in [0.15, 0.2) is 0 Å². The van der Waals surface area contributed by atoms with Crippen LogP contribution in [-0.2, 0) is 4.79 Å². The number of anilines is 2. The van der Waals surface area contributed by atoms with E-state index in [0.717, 1.165) is 12.1 Å². The Hall–Kier alpha value is -2.57. The van der Waals surface area contributed by atoms with Crippen molar-refractivity contribution < 1.29 is 19.5 Å². The monoisotopic (exact) mass is 365 g/mol. The standard InChI is InChI=1S/C16H12Cl2N2O4/c1-8(21)19-9-2-4-10(5-3-9)20-15(22)11-6-13(17)14(18)7-12(11)16(23)24/h2-7H,1H3,(H,19,21)(H,20,22)(H,23,24)/p-1. The van der Waals surface area contributed by atoms with Crippen LogP contribution in [0.3, 0.4) is 0 Å². The minimum Gasteiger partial charge on any atom is -0.545 e. The van der Waals surface area contributed by atoms with Gasteiger partial charge in [0.2, 0.25) is 5.91 Å². The molecule has 24 heavy (non-hydrogen) atoms. The first-order valence-electron chi connectivity index (χ1n) is 6.67. The molecule has 8 heteroatoms. The number of amides is 2. The smallest absolute Gasteiger partial charge is 0.256 e. The van der Waals surface area contributed by atoms with Gasteiger partial charge in [-0.25, -0.2) is 0 Å². The van der Waals surface area contributed by atoms with Crippen LogP contribution < -0.4 is 15.7 Å². The Balaban J connectivity index is 2.25. The lowest BCUT2D eigenvalue weighted by atomic mass is 10.1. The average molecular weight is 366 g/mol. The number of rotatable bonds is 4. The van der Waals surface area contributed by atoms with Crippen molar-refractivity contribution in [1.29, 1.82) is 0 Å². The van der Waals surface area contributed by atoms with E-state index >= 15 is 0 Å². The summed E-state index contributed by atoms with van der Waals surface area (Å²) >= 11 is 11.6. The lowest BCUT2D eigenvalue weighted by molar-refractivity contribution is -0.255. The molecule has 0 aliphatic carbocycles.